The Balaban J connectivity index is 1.78. The summed E-state index contributed by atoms with van der Waals surface area (Å²) in [4.78, 5) is 30.0. The normalized spacial score (nSPS) is 18.3. The Morgan fingerprint density at radius 3 is 2.34 bits per heavy atom. The molecule has 1 aromatic carbocycles. The summed E-state index contributed by atoms with van der Waals surface area (Å²) < 4.78 is 5.60. The van der Waals surface area contributed by atoms with Crippen molar-refractivity contribution in [3.63, 3.8) is 0 Å². The van der Waals surface area contributed by atoms with Crippen LogP contribution in [0.2, 0.25) is 5.02 Å². The summed E-state index contributed by atoms with van der Waals surface area (Å²) in [7, 11) is 0. The van der Waals surface area contributed by atoms with Gasteiger partial charge in [0.05, 0.1) is 5.57 Å². The summed E-state index contributed by atoms with van der Waals surface area (Å²) >= 11 is 6.03. The van der Waals surface area contributed by atoms with Gasteiger partial charge in [-0.2, -0.15) is 0 Å². The molecule has 2 aliphatic heterocycles. The molecule has 1 aromatic rings. The van der Waals surface area contributed by atoms with Crippen molar-refractivity contribution in [1.82, 2.24) is 9.80 Å². The van der Waals surface area contributed by atoms with Gasteiger partial charge in [0.1, 0.15) is 5.70 Å². The minimum absolute atomic E-state index is 0.178. The van der Waals surface area contributed by atoms with Gasteiger partial charge in [-0.3, -0.25) is 14.5 Å². The minimum atomic E-state index is -0.209. The molecule has 0 atom stereocenters. The first-order valence-electron chi connectivity index (χ1n) is 10.7. The quantitative estimate of drug-likeness (QED) is 0.441. The number of carbonyl (C=O) groups excluding carboxylic acids is 2. The third kappa shape index (κ3) is 5.20. The molecule has 0 saturated carbocycles. The second-order valence-corrected chi connectivity index (χ2v) is 8.42. The van der Waals surface area contributed by atoms with Gasteiger partial charge in [0, 0.05) is 37.9 Å². The van der Waals surface area contributed by atoms with Crippen LogP contribution in [0.4, 0.5) is 0 Å². The molecule has 5 nitrogen and oxygen atoms in total. The first-order chi connectivity index (χ1) is 14.0. The summed E-state index contributed by atoms with van der Waals surface area (Å²) in [5.74, 6) is 0.261. The predicted octanol–water partition coefficient (Wildman–Crippen LogP) is 4.36. The topological polar surface area (TPSA) is 49.9 Å². The highest BCUT2D eigenvalue weighted by Crippen LogP contribution is 2.34. The van der Waals surface area contributed by atoms with Gasteiger partial charge in [0.25, 0.3) is 11.8 Å². The van der Waals surface area contributed by atoms with Gasteiger partial charge in [0.15, 0.2) is 0 Å². The number of carbonyl (C=O) groups is 2. The minimum Gasteiger partial charge on any atom is -0.381 e. The van der Waals surface area contributed by atoms with E-state index in [2.05, 4.69) is 18.7 Å². The molecule has 1 saturated heterocycles. The van der Waals surface area contributed by atoms with Crippen molar-refractivity contribution in [2.75, 3.05) is 32.8 Å². The van der Waals surface area contributed by atoms with Crippen molar-refractivity contribution in [1.29, 1.82) is 0 Å². The van der Waals surface area contributed by atoms with Crippen LogP contribution in [0.15, 0.2) is 30.0 Å². The molecule has 3 rings (SSSR count). The van der Waals surface area contributed by atoms with E-state index in [1.165, 1.54) is 4.90 Å². The average molecular weight is 419 g/mol. The van der Waals surface area contributed by atoms with E-state index in [9.17, 15) is 9.59 Å². The number of piperidine rings is 1. The highest BCUT2D eigenvalue weighted by molar-refractivity contribution is 6.36. The number of hydrogen-bond donors (Lipinski definition) is 0. The molecule has 0 unspecified atom stereocenters. The Hall–Kier alpha value is -1.85. The summed E-state index contributed by atoms with van der Waals surface area (Å²) in [6.07, 6.45) is 4.84. The van der Waals surface area contributed by atoms with Crippen LogP contribution in [0.1, 0.15) is 51.5 Å². The third-order valence-electron chi connectivity index (χ3n) is 5.69. The molecule has 2 heterocycles. The van der Waals surface area contributed by atoms with Crippen LogP contribution in [-0.4, -0.2) is 54.5 Å². The summed E-state index contributed by atoms with van der Waals surface area (Å²) in [6, 6.07) is 7.18. The van der Waals surface area contributed by atoms with Crippen molar-refractivity contribution in [3.05, 3.63) is 40.5 Å². The maximum Gasteiger partial charge on any atom is 0.277 e. The number of amides is 2. The first kappa shape index (κ1) is 21.8. The average Bonchev–Trinajstić information content (AvgIpc) is 2.96. The number of ether oxygens (including phenoxy) is 1. The van der Waals surface area contributed by atoms with Gasteiger partial charge < -0.3 is 9.64 Å². The van der Waals surface area contributed by atoms with E-state index in [-0.39, 0.29) is 11.8 Å². The smallest absolute Gasteiger partial charge is 0.277 e. The number of nitrogens with zero attached hydrogens (tertiary/aromatic N) is 2. The van der Waals surface area contributed by atoms with Crippen molar-refractivity contribution in [2.24, 2.45) is 5.92 Å². The number of likely N-dealkylation sites (tertiary alicyclic amines) is 1. The lowest BCUT2D eigenvalue weighted by molar-refractivity contribution is -0.137. The number of unbranched alkanes of at least 4 members (excludes halogenated alkanes) is 1. The monoisotopic (exact) mass is 418 g/mol. The van der Waals surface area contributed by atoms with Crippen LogP contribution in [-0.2, 0) is 14.3 Å². The van der Waals surface area contributed by atoms with E-state index in [0.29, 0.717) is 41.8 Å². The van der Waals surface area contributed by atoms with E-state index in [4.69, 9.17) is 16.3 Å². The van der Waals surface area contributed by atoms with E-state index in [1.807, 2.05) is 12.1 Å². The second-order valence-electron chi connectivity index (χ2n) is 7.98. The Morgan fingerprint density at radius 1 is 1.03 bits per heavy atom. The van der Waals surface area contributed by atoms with Crippen LogP contribution >= 0.6 is 11.6 Å². The van der Waals surface area contributed by atoms with Crippen LogP contribution in [0.25, 0.3) is 5.57 Å². The summed E-state index contributed by atoms with van der Waals surface area (Å²) in [6.45, 7) is 7.64. The van der Waals surface area contributed by atoms with Gasteiger partial charge in [-0.15, -0.1) is 0 Å². The van der Waals surface area contributed by atoms with Gasteiger partial charge >= 0.3 is 0 Å². The van der Waals surface area contributed by atoms with Crippen molar-refractivity contribution in [2.45, 2.75) is 46.0 Å². The molecule has 29 heavy (non-hydrogen) atoms. The number of hydrogen-bond acceptors (Lipinski definition) is 4. The highest BCUT2D eigenvalue weighted by Gasteiger charge is 2.41. The molecule has 0 bridgehead atoms. The zero-order chi connectivity index (χ0) is 20.8. The molecule has 2 aliphatic rings. The zero-order valence-corrected chi connectivity index (χ0v) is 18.2. The predicted molar refractivity (Wildman–Crippen MR) is 115 cm³/mol. The molecule has 2 amide bonds. The molecule has 0 aromatic heterocycles. The molecule has 0 N–H and O–H groups in total. The van der Waals surface area contributed by atoms with Crippen LogP contribution in [0.5, 0.6) is 0 Å². The van der Waals surface area contributed by atoms with Gasteiger partial charge in [-0.05, 0) is 49.3 Å². The number of halogens is 1. The van der Waals surface area contributed by atoms with Crippen LogP contribution < -0.4 is 0 Å². The van der Waals surface area contributed by atoms with Crippen molar-refractivity contribution >= 4 is 29.0 Å². The highest BCUT2D eigenvalue weighted by atomic mass is 35.5. The SMILES string of the molecule is CCCCOCCCN1C(=O)C(c2ccc(Cl)cc2)=C(N2CCC(C)CC2)C1=O. The molecule has 0 radical (unpaired) electrons. The van der Waals surface area contributed by atoms with E-state index < -0.39 is 0 Å². The Labute approximate surface area is 178 Å². The number of imide groups is 1. The van der Waals surface area contributed by atoms with Crippen LogP contribution in [0.3, 0.4) is 0 Å². The fourth-order valence-electron chi connectivity index (χ4n) is 3.84. The molecule has 0 spiro atoms. The zero-order valence-electron chi connectivity index (χ0n) is 17.5. The molecule has 1 fully saturated rings. The summed E-state index contributed by atoms with van der Waals surface area (Å²) in [5.41, 5.74) is 1.81. The van der Waals surface area contributed by atoms with Crippen molar-refractivity contribution < 1.29 is 14.3 Å². The first-order valence-corrected chi connectivity index (χ1v) is 11.1. The van der Waals surface area contributed by atoms with Crippen LogP contribution in [0, 0.1) is 5.92 Å². The molecule has 0 aliphatic carbocycles. The Bertz CT molecular complexity index is 752. The lowest BCUT2D eigenvalue weighted by Crippen LogP contribution is -2.39. The molecular weight excluding hydrogens is 388 g/mol. The Morgan fingerprint density at radius 2 is 1.69 bits per heavy atom. The van der Waals surface area contributed by atoms with Gasteiger partial charge in [-0.1, -0.05) is 44.0 Å². The number of rotatable bonds is 9. The lowest BCUT2D eigenvalue weighted by Gasteiger charge is -2.32. The van der Waals surface area contributed by atoms with E-state index >= 15 is 0 Å². The van der Waals surface area contributed by atoms with E-state index in [1.54, 1.807) is 12.1 Å². The maximum absolute atomic E-state index is 13.3. The fourth-order valence-corrected chi connectivity index (χ4v) is 3.97. The standard InChI is InChI=1S/C23H31ClN2O3/c1-3-4-15-29-16-5-12-26-22(27)20(18-6-8-19(24)9-7-18)21(23(26)28)25-13-10-17(2)11-14-25/h6-9,17H,3-5,10-16H2,1-2H3. The Kier molecular flexibility index (Phi) is 7.73. The largest absolute Gasteiger partial charge is 0.381 e. The fraction of sp³-hybridized carbons (Fsp3) is 0.565. The maximum atomic E-state index is 13.3. The number of benzene rings is 1. The second kappa shape index (κ2) is 10.3. The van der Waals surface area contributed by atoms with Gasteiger partial charge in [-0.25, -0.2) is 0 Å². The van der Waals surface area contributed by atoms with Gasteiger partial charge in [0.2, 0.25) is 0 Å². The third-order valence-corrected chi connectivity index (χ3v) is 5.94. The summed E-state index contributed by atoms with van der Waals surface area (Å²) in [5, 5.41) is 0.612. The molecule has 158 valence electrons. The lowest BCUT2D eigenvalue weighted by atomic mass is 9.97. The van der Waals surface area contributed by atoms with E-state index in [0.717, 1.165) is 50.9 Å². The molecule has 6 heteroatoms. The molecular formula is C23H31ClN2O3. The van der Waals surface area contributed by atoms with Crippen molar-refractivity contribution in [3.8, 4) is 0 Å².